The summed E-state index contributed by atoms with van der Waals surface area (Å²) >= 11 is 0. The van der Waals surface area contributed by atoms with Crippen LogP contribution in [0.25, 0.3) is 0 Å². The Kier molecular flexibility index (Phi) is 10.9. The van der Waals surface area contributed by atoms with Crippen molar-refractivity contribution in [1.82, 2.24) is 0 Å². The van der Waals surface area contributed by atoms with Crippen LogP contribution >= 0.6 is 0 Å². The Morgan fingerprint density at radius 2 is 1.60 bits per heavy atom. The predicted molar refractivity (Wildman–Crippen MR) is 54.8 cm³/mol. The van der Waals surface area contributed by atoms with Gasteiger partial charge in [-0.2, -0.15) is 0 Å². The van der Waals surface area contributed by atoms with Crippen molar-refractivity contribution in [3.63, 3.8) is 0 Å². The van der Waals surface area contributed by atoms with Gasteiger partial charge in [0.25, 0.3) is 0 Å². The molecule has 0 aromatic carbocycles. The van der Waals surface area contributed by atoms with E-state index < -0.39 is 0 Å². The predicted octanol–water partition coefficient (Wildman–Crippen LogP) is 0.619. The molecule has 0 aliphatic carbocycles. The Labute approximate surface area is 90.6 Å². The molecule has 0 fully saturated rings. The average Bonchev–Trinajstić information content (AvgIpc) is 2.26. The van der Waals surface area contributed by atoms with Crippen LogP contribution in [-0.4, -0.2) is 53.2 Å². The minimum atomic E-state index is -0.254. The molecule has 0 unspecified atom stereocenters. The van der Waals surface area contributed by atoms with Gasteiger partial charge >= 0.3 is 5.97 Å². The number of methoxy groups -OCH3 is 2. The van der Waals surface area contributed by atoms with E-state index in [-0.39, 0.29) is 5.97 Å². The van der Waals surface area contributed by atoms with Gasteiger partial charge in [-0.25, -0.2) is 0 Å². The van der Waals surface area contributed by atoms with Crippen molar-refractivity contribution in [1.29, 1.82) is 0 Å². The van der Waals surface area contributed by atoms with Gasteiger partial charge in [0, 0.05) is 20.3 Å². The molecule has 0 rings (SSSR count). The van der Waals surface area contributed by atoms with Crippen LogP contribution in [0.15, 0.2) is 0 Å². The minimum absolute atomic E-state index is 0.254. The van der Waals surface area contributed by atoms with Crippen molar-refractivity contribution in [3.8, 4) is 0 Å². The molecule has 0 spiro atoms. The fourth-order valence-corrected chi connectivity index (χ4v) is 0.885. The van der Waals surface area contributed by atoms with E-state index in [2.05, 4.69) is 4.74 Å². The van der Waals surface area contributed by atoms with Crippen LogP contribution in [0.1, 0.15) is 12.8 Å². The molecule has 0 aromatic rings. The molecule has 0 aromatic heterocycles. The van der Waals surface area contributed by atoms with Crippen LogP contribution in [0.3, 0.4) is 0 Å². The topological polar surface area (TPSA) is 54.0 Å². The molecule has 0 N–H and O–H groups in total. The summed E-state index contributed by atoms with van der Waals surface area (Å²) in [4.78, 5) is 10.7. The summed E-state index contributed by atoms with van der Waals surface area (Å²) in [5, 5.41) is 0. The fourth-order valence-electron chi connectivity index (χ4n) is 0.885. The van der Waals surface area contributed by atoms with Crippen molar-refractivity contribution in [2.45, 2.75) is 12.8 Å². The fraction of sp³-hybridized carbons (Fsp3) is 0.900. The van der Waals surface area contributed by atoms with E-state index in [1.807, 2.05) is 0 Å². The molecule has 5 nitrogen and oxygen atoms in total. The number of hydrogen-bond acceptors (Lipinski definition) is 5. The third kappa shape index (κ3) is 11.3. The first kappa shape index (κ1) is 14.3. The van der Waals surface area contributed by atoms with Gasteiger partial charge in [0.05, 0.1) is 33.4 Å². The maximum absolute atomic E-state index is 10.7. The van der Waals surface area contributed by atoms with Crippen LogP contribution < -0.4 is 0 Å². The molecule has 0 saturated carbocycles. The second-order valence-electron chi connectivity index (χ2n) is 2.90. The van der Waals surface area contributed by atoms with Crippen molar-refractivity contribution in [2.24, 2.45) is 0 Å². The monoisotopic (exact) mass is 220 g/mol. The van der Waals surface area contributed by atoms with Crippen LogP contribution in [-0.2, 0) is 23.7 Å². The van der Waals surface area contributed by atoms with Gasteiger partial charge in [-0.05, 0) is 6.42 Å². The van der Waals surface area contributed by atoms with Crippen molar-refractivity contribution in [2.75, 3.05) is 47.3 Å². The van der Waals surface area contributed by atoms with Crippen molar-refractivity contribution >= 4 is 5.97 Å². The molecule has 0 saturated heterocycles. The summed E-state index contributed by atoms with van der Waals surface area (Å²) in [7, 11) is 3.02. The lowest BCUT2D eigenvalue weighted by atomic mass is 10.5. The highest BCUT2D eigenvalue weighted by molar-refractivity contribution is 5.69. The standard InChI is InChI=1S/C10H20O5/c1-12-5-3-6-14-8-9-15-7-4-10(11)13-2/h3-9H2,1-2H3. The molecule has 90 valence electrons. The summed E-state index contributed by atoms with van der Waals surface area (Å²) in [6.45, 7) is 2.82. The van der Waals surface area contributed by atoms with E-state index in [4.69, 9.17) is 14.2 Å². The lowest BCUT2D eigenvalue weighted by Crippen LogP contribution is -2.10. The zero-order valence-electron chi connectivity index (χ0n) is 9.49. The number of esters is 1. The third-order valence-electron chi connectivity index (χ3n) is 1.69. The molecule has 0 amide bonds. The molecule has 0 aliphatic rings. The largest absolute Gasteiger partial charge is 0.469 e. The van der Waals surface area contributed by atoms with Gasteiger partial charge in [0.1, 0.15) is 0 Å². The Balaban J connectivity index is 2.95. The third-order valence-corrected chi connectivity index (χ3v) is 1.69. The highest BCUT2D eigenvalue weighted by Gasteiger charge is 1.98. The first-order valence-corrected chi connectivity index (χ1v) is 5.02. The van der Waals surface area contributed by atoms with Gasteiger partial charge < -0.3 is 18.9 Å². The first-order chi connectivity index (χ1) is 7.31. The Hall–Kier alpha value is -0.650. The summed E-state index contributed by atoms with van der Waals surface area (Å²) < 4.78 is 19.7. The van der Waals surface area contributed by atoms with Crippen LogP contribution in [0.5, 0.6) is 0 Å². The second-order valence-corrected chi connectivity index (χ2v) is 2.90. The summed E-state index contributed by atoms with van der Waals surface area (Å²) in [5.74, 6) is -0.254. The highest BCUT2D eigenvalue weighted by Crippen LogP contribution is 1.88. The number of carbonyl (C=O) groups is 1. The molecule has 0 bridgehead atoms. The smallest absolute Gasteiger partial charge is 0.307 e. The van der Waals surface area contributed by atoms with E-state index in [9.17, 15) is 4.79 Å². The van der Waals surface area contributed by atoms with Crippen LogP contribution in [0.2, 0.25) is 0 Å². The molecule has 0 heterocycles. The maximum atomic E-state index is 10.7. The average molecular weight is 220 g/mol. The number of carbonyl (C=O) groups excluding carboxylic acids is 1. The molecular weight excluding hydrogens is 200 g/mol. The Morgan fingerprint density at radius 1 is 0.933 bits per heavy atom. The van der Waals surface area contributed by atoms with Crippen LogP contribution in [0.4, 0.5) is 0 Å². The van der Waals surface area contributed by atoms with E-state index in [0.29, 0.717) is 39.5 Å². The lowest BCUT2D eigenvalue weighted by Gasteiger charge is -2.04. The molecule has 5 heteroatoms. The minimum Gasteiger partial charge on any atom is -0.469 e. The zero-order valence-corrected chi connectivity index (χ0v) is 9.49. The van der Waals surface area contributed by atoms with Crippen molar-refractivity contribution < 1.29 is 23.7 Å². The molecule has 15 heavy (non-hydrogen) atoms. The van der Waals surface area contributed by atoms with Gasteiger partial charge in [0.15, 0.2) is 0 Å². The normalized spacial score (nSPS) is 10.3. The number of hydrogen-bond donors (Lipinski definition) is 0. The quantitative estimate of drug-likeness (QED) is 0.399. The molecular formula is C10H20O5. The highest BCUT2D eigenvalue weighted by atomic mass is 16.5. The lowest BCUT2D eigenvalue weighted by molar-refractivity contribution is -0.141. The van der Waals surface area contributed by atoms with Gasteiger partial charge in [-0.15, -0.1) is 0 Å². The van der Waals surface area contributed by atoms with Gasteiger partial charge in [-0.1, -0.05) is 0 Å². The van der Waals surface area contributed by atoms with Gasteiger partial charge in [-0.3, -0.25) is 4.79 Å². The Bertz CT molecular complexity index is 149. The molecule has 0 aliphatic heterocycles. The molecule has 0 radical (unpaired) electrons. The second kappa shape index (κ2) is 11.4. The Morgan fingerprint density at radius 3 is 2.20 bits per heavy atom. The SMILES string of the molecule is COCCCOCCOCCC(=O)OC. The van der Waals surface area contributed by atoms with E-state index in [1.54, 1.807) is 7.11 Å². The number of rotatable bonds is 10. The zero-order chi connectivity index (χ0) is 11.4. The van der Waals surface area contributed by atoms with E-state index in [1.165, 1.54) is 7.11 Å². The van der Waals surface area contributed by atoms with Crippen molar-refractivity contribution in [3.05, 3.63) is 0 Å². The van der Waals surface area contributed by atoms with E-state index in [0.717, 1.165) is 6.42 Å². The maximum Gasteiger partial charge on any atom is 0.307 e. The van der Waals surface area contributed by atoms with E-state index >= 15 is 0 Å². The van der Waals surface area contributed by atoms with Crippen LogP contribution in [0, 0.1) is 0 Å². The number of ether oxygens (including phenoxy) is 4. The first-order valence-electron chi connectivity index (χ1n) is 5.02. The summed E-state index contributed by atoms with van der Waals surface area (Å²) in [5.41, 5.74) is 0. The summed E-state index contributed by atoms with van der Waals surface area (Å²) in [6, 6.07) is 0. The summed E-state index contributed by atoms with van der Waals surface area (Å²) in [6.07, 6.45) is 1.18. The molecule has 0 atom stereocenters. The van der Waals surface area contributed by atoms with Gasteiger partial charge in [0.2, 0.25) is 0 Å².